The molecule has 5 heteroatoms. The van der Waals surface area contributed by atoms with Crippen molar-refractivity contribution in [3.05, 3.63) is 29.3 Å². The molecule has 0 atom stereocenters. The highest BCUT2D eigenvalue weighted by Gasteiger charge is 2.13. The minimum absolute atomic E-state index is 0.0820. The lowest BCUT2D eigenvalue weighted by Gasteiger charge is -2.10. The van der Waals surface area contributed by atoms with Crippen molar-refractivity contribution in [2.24, 2.45) is 0 Å². The summed E-state index contributed by atoms with van der Waals surface area (Å²) in [4.78, 5) is 22.0. The lowest BCUT2D eigenvalue weighted by atomic mass is 10.1. The number of aryl methyl sites for hydroxylation is 1. The van der Waals surface area contributed by atoms with Crippen LogP contribution in [-0.4, -0.2) is 24.2 Å². The summed E-state index contributed by atoms with van der Waals surface area (Å²) in [5, 5.41) is 13.7. The van der Waals surface area contributed by atoms with Crippen molar-refractivity contribution in [2.75, 3.05) is 12.4 Å². The Morgan fingerprint density at radius 3 is 2.53 bits per heavy atom. The zero-order valence-electron chi connectivity index (χ0n) is 8.50. The Morgan fingerprint density at radius 2 is 2.00 bits per heavy atom. The van der Waals surface area contributed by atoms with E-state index in [9.17, 15) is 9.59 Å². The van der Waals surface area contributed by atoms with Crippen molar-refractivity contribution in [1.29, 1.82) is 0 Å². The summed E-state index contributed by atoms with van der Waals surface area (Å²) in [6, 6.07) is 4.37. The van der Waals surface area contributed by atoms with E-state index in [-0.39, 0.29) is 5.56 Å². The second kappa shape index (κ2) is 4.45. The van der Waals surface area contributed by atoms with E-state index < -0.39 is 12.0 Å². The summed E-state index contributed by atoms with van der Waals surface area (Å²) in [6.45, 7) is 1.73. The molecular formula is C10H12N2O3. The number of hydrogen-bond acceptors (Lipinski definition) is 2. The smallest absolute Gasteiger partial charge is 0.337 e. The zero-order chi connectivity index (χ0) is 11.4. The number of aromatic carboxylic acids is 1. The van der Waals surface area contributed by atoms with Gasteiger partial charge < -0.3 is 15.7 Å². The van der Waals surface area contributed by atoms with Crippen LogP contribution in [0.1, 0.15) is 15.9 Å². The fourth-order valence-corrected chi connectivity index (χ4v) is 1.19. The first kappa shape index (κ1) is 11.0. The number of carbonyl (C=O) groups excluding carboxylic acids is 1. The van der Waals surface area contributed by atoms with Crippen LogP contribution in [0.3, 0.4) is 0 Å². The molecule has 80 valence electrons. The van der Waals surface area contributed by atoms with Crippen LogP contribution >= 0.6 is 0 Å². The van der Waals surface area contributed by atoms with Crippen LogP contribution < -0.4 is 10.6 Å². The van der Waals surface area contributed by atoms with Gasteiger partial charge in [0.1, 0.15) is 0 Å². The Morgan fingerprint density at radius 1 is 1.33 bits per heavy atom. The fraction of sp³-hybridized carbons (Fsp3) is 0.200. The van der Waals surface area contributed by atoms with Crippen molar-refractivity contribution in [2.45, 2.75) is 6.92 Å². The molecule has 1 rings (SSSR count). The third kappa shape index (κ3) is 2.46. The van der Waals surface area contributed by atoms with E-state index in [1.807, 2.05) is 0 Å². The molecule has 0 fully saturated rings. The number of rotatable bonds is 2. The van der Waals surface area contributed by atoms with Gasteiger partial charge in [-0.05, 0) is 18.6 Å². The van der Waals surface area contributed by atoms with Crippen molar-refractivity contribution in [3.8, 4) is 0 Å². The van der Waals surface area contributed by atoms with E-state index in [1.165, 1.54) is 13.1 Å². The van der Waals surface area contributed by atoms with E-state index in [2.05, 4.69) is 10.6 Å². The van der Waals surface area contributed by atoms with Crippen molar-refractivity contribution in [3.63, 3.8) is 0 Å². The van der Waals surface area contributed by atoms with Crippen LogP contribution in [0.4, 0.5) is 10.5 Å². The highest BCUT2D eigenvalue weighted by atomic mass is 16.4. The Kier molecular flexibility index (Phi) is 3.28. The molecule has 0 bridgehead atoms. The molecule has 3 N–H and O–H groups in total. The second-order valence-electron chi connectivity index (χ2n) is 3.01. The quantitative estimate of drug-likeness (QED) is 0.688. The SMILES string of the molecule is CNC(=O)Nc1c(C)cccc1C(=O)O. The van der Waals surface area contributed by atoms with Gasteiger partial charge in [0, 0.05) is 7.05 Å². The Balaban J connectivity index is 3.13. The molecule has 0 unspecified atom stereocenters. The third-order valence-corrected chi connectivity index (χ3v) is 1.97. The van der Waals surface area contributed by atoms with E-state index in [0.717, 1.165) is 0 Å². The minimum Gasteiger partial charge on any atom is -0.478 e. The van der Waals surface area contributed by atoms with Crippen LogP contribution in [0.15, 0.2) is 18.2 Å². The predicted molar refractivity (Wildman–Crippen MR) is 56.2 cm³/mol. The number of nitrogens with one attached hydrogen (secondary N) is 2. The fourth-order valence-electron chi connectivity index (χ4n) is 1.19. The molecule has 0 radical (unpaired) electrons. The molecule has 0 spiro atoms. The van der Waals surface area contributed by atoms with Gasteiger partial charge in [0.05, 0.1) is 11.3 Å². The number of para-hydroxylation sites is 1. The molecule has 5 nitrogen and oxygen atoms in total. The molecule has 0 aliphatic carbocycles. The maximum absolute atomic E-state index is 11.1. The second-order valence-corrected chi connectivity index (χ2v) is 3.01. The molecular weight excluding hydrogens is 196 g/mol. The summed E-state index contributed by atoms with van der Waals surface area (Å²) in [6.07, 6.45) is 0. The van der Waals surface area contributed by atoms with E-state index >= 15 is 0 Å². The zero-order valence-corrected chi connectivity index (χ0v) is 8.50. The summed E-state index contributed by atoms with van der Waals surface area (Å²) in [5.74, 6) is -1.06. The van der Waals surface area contributed by atoms with Gasteiger partial charge in [-0.3, -0.25) is 0 Å². The van der Waals surface area contributed by atoms with Crippen LogP contribution in [0.2, 0.25) is 0 Å². The van der Waals surface area contributed by atoms with Crippen LogP contribution in [0, 0.1) is 6.92 Å². The van der Waals surface area contributed by atoms with Gasteiger partial charge in [-0.1, -0.05) is 12.1 Å². The number of carbonyl (C=O) groups is 2. The normalized spacial score (nSPS) is 9.47. The van der Waals surface area contributed by atoms with Gasteiger partial charge in [-0.2, -0.15) is 0 Å². The summed E-state index contributed by atoms with van der Waals surface area (Å²) < 4.78 is 0. The first-order valence-corrected chi connectivity index (χ1v) is 4.38. The van der Waals surface area contributed by atoms with E-state index in [4.69, 9.17) is 5.11 Å². The van der Waals surface area contributed by atoms with E-state index in [0.29, 0.717) is 11.3 Å². The largest absolute Gasteiger partial charge is 0.478 e. The molecule has 0 aromatic heterocycles. The molecule has 0 heterocycles. The van der Waals surface area contributed by atoms with Gasteiger partial charge in [-0.25, -0.2) is 9.59 Å². The number of hydrogen-bond donors (Lipinski definition) is 3. The lowest BCUT2D eigenvalue weighted by Crippen LogP contribution is -2.26. The Labute approximate surface area is 87.1 Å². The molecule has 1 aromatic rings. The molecule has 0 saturated carbocycles. The number of carboxylic acids is 1. The van der Waals surface area contributed by atoms with Gasteiger partial charge in [0.15, 0.2) is 0 Å². The van der Waals surface area contributed by atoms with Crippen molar-refractivity contribution < 1.29 is 14.7 Å². The monoisotopic (exact) mass is 208 g/mol. The summed E-state index contributed by atoms with van der Waals surface area (Å²) >= 11 is 0. The molecule has 0 aliphatic heterocycles. The number of carboxylic acid groups (broad SMARTS) is 1. The van der Waals surface area contributed by atoms with E-state index in [1.54, 1.807) is 19.1 Å². The maximum Gasteiger partial charge on any atom is 0.337 e. The van der Waals surface area contributed by atoms with Crippen molar-refractivity contribution in [1.82, 2.24) is 5.32 Å². The molecule has 2 amide bonds. The summed E-state index contributed by atoms with van der Waals surface area (Å²) in [7, 11) is 1.47. The Hall–Kier alpha value is -2.04. The average Bonchev–Trinajstić information content (AvgIpc) is 2.20. The van der Waals surface area contributed by atoms with Crippen LogP contribution in [-0.2, 0) is 0 Å². The highest BCUT2D eigenvalue weighted by Crippen LogP contribution is 2.20. The van der Waals surface area contributed by atoms with Gasteiger partial charge in [-0.15, -0.1) is 0 Å². The molecule has 0 aliphatic rings. The van der Waals surface area contributed by atoms with Crippen LogP contribution in [0.25, 0.3) is 0 Å². The van der Waals surface area contributed by atoms with Crippen LogP contribution in [0.5, 0.6) is 0 Å². The van der Waals surface area contributed by atoms with Gasteiger partial charge >= 0.3 is 12.0 Å². The number of benzene rings is 1. The number of anilines is 1. The third-order valence-electron chi connectivity index (χ3n) is 1.97. The van der Waals surface area contributed by atoms with Crippen molar-refractivity contribution >= 4 is 17.7 Å². The first-order chi connectivity index (χ1) is 7.06. The predicted octanol–water partition coefficient (Wildman–Crippen LogP) is 1.44. The Bertz CT molecular complexity index is 402. The lowest BCUT2D eigenvalue weighted by molar-refractivity contribution is 0.0698. The maximum atomic E-state index is 11.1. The molecule has 1 aromatic carbocycles. The number of urea groups is 1. The molecule has 0 saturated heterocycles. The van der Waals surface area contributed by atoms with Gasteiger partial charge in [0.25, 0.3) is 0 Å². The molecule has 15 heavy (non-hydrogen) atoms. The topological polar surface area (TPSA) is 78.4 Å². The van der Waals surface area contributed by atoms with Gasteiger partial charge in [0.2, 0.25) is 0 Å². The first-order valence-electron chi connectivity index (χ1n) is 4.38. The minimum atomic E-state index is -1.06. The summed E-state index contributed by atoms with van der Waals surface area (Å²) in [5.41, 5.74) is 1.11. The highest BCUT2D eigenvalue weighted by molar-refractivity contribution is 6.00. The number of amides is 2. The average molecular weight is 208 g/mol. The standard InChI is InChI=1S/C10H12N2O3/c1-6-4-3-5-7(9(13)14)8(6)12-10(15)11-2/h3-5H,1-2H3,(H,13,14)(H2,11,12,15).